The van der Waals surface area contributed by atoms with Crippen LogP contribution in [-0.4, -0.2) is 51.9 Å². The van der Waals surface area contributed by atoms with Gasteiger partial charge in [-0.2, -0.15) is 0 Å². The lowest BCUT2D eigenvalue weighted by Crippen LogP contribution is -2.24. The average molecular weight is 435 g/mol. The van der Waals surface area contributed by atoms with E-state index < -0.39 is 0 Å². The van der Waals surface area contributed by atoms with Crippen LogP contribution in [-0.2, 0) is 0 Å². The second kappa shape index (κ2) is 8.40. The molecule has 5 rings (SSSR count). The van der Waals surface area contributed by atoms with Crippen LogP contribution in [0.1, 0.15) is 18.4 Å². The number of aromatic amines is 1. The topological polar surface area (TPSA) is 63.1 Å². The summed E-state index contributed by atoms with van der Waals surface area (Å²) >= 11 is 1.64. The fourth-order valence-electron chi connectivity index (χ4n) is 4.30. The zero-order chi connectivity index (χ0) is 21.4. The first-order valence-corrected chi connectivity index (χ1v) is 11.7. The monoisotopic (exact) mass is 434 g/mol. The van der Waals surface area contributed by atoms with E-state index in [-0.39, 0.29) is 5.56 Å². The molecule has 4 aromatic rings. The molecule has 0 saturated carbocycles. The lowest BCUT2D eigenvalue weighted by Gasteiger charge is -2.17. The fourth-order valence-corrected chi connectivity index (χ4v) is 5.30. The number of ether oxygens (including phenoxy) is 1. The van der Waals surface area contributed by atoms with E-state index >= 15 is 0 Å². The highest BCUT2D eigenvalue weighted by Crippen LogP contribution is 2.30. The number of benzene rings is 2. The molecule has 6 nitrogen and oxygen atoms in total. The molecule has 2 aromatic heterocycles. The Balaban J connectivity index is 1.67. The van der Waals surface area contributed by atoms with Crippen molar-refractivity contribution in [3.05, 3.63) is 58.4 Å². The van der Waals surface area contributed by atoms with Gasteiger partial charge in [-0.05, 0) is 56.6 Å². The lowest BCUT2D eigenvalue weighted by atomic mass is 10.2. The van der Waals surface area contributed by atoms with Crippen LogP contribution in [0.2, 0.25) is 0 Å². The molecule has 0 bridgehead atoms. The molecule has 0 amide bonds. The molecule has 0 spiro atoms. The van der Waals surface area contributed by atoms with E-state index in [9.17, 15) is 4.79 Å². The Morgan fingerprint density at radius 2 is 1.97 bits per heavy atom. The third-order valence-corrected chi connectivity index (χ3v) is 6.83. The smallest absolute Gasteiger partial charge is 0.283 e. The molecule has 0 radical (unpaired) electrons. The summed E-state index contributed by atoms with van der Waals surface area (Å²) in [6, 6.07) is 13.8. The van der Waals surface area contributed by atoms with Crippen molar-refractivity contribution >= 4 is 33.7 Å². The maximum atomic E-state index is 13.7. The molecule has 3 heterocycles. The van der Waals surface area contributed by atoms with Crippen molar-refractivity contribution in [1.29, 1.82) is 0 Å². The quantitative estimate of drug-likeness (QED) is 0.361. The van der Waals surface area contributed by atoms with Gasteiger partial charge in [0.05, 0.1) is 12.8 Å². The molecule has 1 fully saturated rings. The Morgan fingerprint density at radius 3 is 2.77 bits per heavy atom. The normalized spacial score (nSPS) is 14.6. The predicted molar refractivity (Wildman–Crippen MR) is 127 cm³/mol. The van der Waals surface area contributed by atoms with Crippen LogP contribution >= 0.6 is 11.8 Å². The third kappa shape index (κ3) is 3.72. The minimum Gasteiger partial charge on any atom is -0.495 e. The third-order valence-electron chi connectivity index (χ3n) is 5.91. The summed E-state index contributed by atoms with van der Waals surface area (Å²) in [6.45, 7) is 5.34. The number of nitrogens with zero attached hydrogens (tertiary/aromatic N) is 3. The Hall–Kier alpha value is -2.77. The number of fused-ring (bicyclic) bond motifs is 3. The average Bonchev–Trinajstić information content (AvgIpc) is 3.42. The van der Waals surface area contributed by atoms with Gasteiger partial charge in [0.25, 0.3) is 5.56 Å². The summed E-state index contributed by atoms with van der Waals surface area (Å²) in [5, 5.41) is 1.67. The summed E-state index contributed by atoms with van der Waals surface area (Å²) in [5.74, 6) is 1.54. The fraction of sp³-hybridized carbons (Fsp3) is 0.333. The molecule has 7 heteroatoms. The van der Waals surface area contributed by atoms with Crippen LogP contribution in [0.25, 0.3) is 27.6 Å². The van der Waals surface area contributed by atoms with Crippen LogP contribution in [0.3, 0.4) is 0 Å². The van der Waals surface area contributed by atoms with Gasteiger partial charge in [-0.15, -0.1) is 0 Å². The molecule has 0 unspecified atom stereocenters. The van der Waals surface area contributed by atoms with Gasteiger partial charge in [0.2, 0.25) is 0 Å². The molecule has 1 aliphatic rings. The maximum Gasteiger partial charge on any atom is 0.283 e. The molecule has 2 aromatic carbocycles. The summed E-state index contributed by atoms with van der Waals surface area (Å²) in [7, 11) is 1.63. The molecule has 0 atom stereocenters. The van der Waals surface area contributed by atoms with Crippen LogP contribution in [0.4, 0.5) is 0 Å². The maximum absolute atomic E-state index is 13.7. The first-order chi connectivity index (χ1) is 15.2. The highest BCUT2D eigenvalue weighted by Gasteiger charge is 2.20. The number of H-pyrrole nitrogens is 1. The van der Waals surface area contributed by atoms with E-state index in [1.165, 1.54) is 12.8 Å². The summed E-state index contributed by atoms with van der Waals surface area (Å²) in [6.07, 6.45) is 2.55. The number of nitrogens with one attached hydrogen (secondary N) is 1. The summed E-state index contributed by atoms with van der Waals surface area (Å²) in [4.78, 5) is 24.5. The largest absolute Gasteiger partial charge is 0.495 e. The second-order valence-corrected chi connectivity index (χ2v) is 9.06. The first kappa shape index (κ1) is 20.2. The van der Waals surface area contributed by atoms with Crippen molar-refractivity contribution in [3.8, 4) is 11.4 Å². The van der Waals surface area contributed by atoms with Crippen molar-refractivity contribution < 1.29 is 4.74 Å². The first-order valence-electron chi connectivity index (χ1n) is 10.7. The number of para-hydroxylation sites is 1. The van der Waals surface area contributed by atoms with Gasteiger partial charge >= 0.3 is 0 Å². The van der Waals surface area contributed by atoms with Crippen molar-refractivity contribution in [3.63, 3.8) is 0 Å². The van der Waals surface area contributed by atoms with E-state index in [0.717, 1.165) is 53.1 Å². The van der Waals surface area contributed by atoms with Gasteiger partial charge in [-0.25, -0.2) is 9.55 Å². The van der Waals surface area contributed by atoms with Crippen LogP contribution in [0.15, 0.2) is 52.4 Å². The molecule has 160 valence electrons. The van der Waals surface area contributed by atoms with Crippen molar-refractivity contribution in [2.75, 3.05) is 32.5 Å². The van der Waals surface area contributed by atoms with E-state index in [1.807, 2.05) is 49.4 Å². The Kier molecular flexibility index (Phi) is 5.46. The Bertz CT molecular complexity index is 1300. The highest BCUT2D eigenvalue weighted by molar-refractivity contribution is 7.99. The van der Waals surface area contributed by atoms with E-state index in [0.29, 0.717) is 16.4 Å². The van der Waals surface area contributed by atoms with Gasteiger partial charge < -0.3 is 14.6 Å². The molecule has 1 N–H and O–H groups in total. The molecule has 1 aliphatic heterocycles. The van der Waals surface area contributed by atoms with Gasteiger partial charge in [0, 0.05) is 23.2 Å². The molecule has 0 aliphatic carbocycles. The van der Waals surface area contributed by atoms with Crippen molar-refractivity contribution in [1.82, 2.24) is 19.4 Å². The van der Waals surface area contributed by atoms with Gasteiger partial charge in [-0.1, -0.05) is 36.0 Å². The predicted octanol–water partition coefficient (Wildman–Crippen LogP) is 4.37. The van der Waals surface area contributed by atoms with Gasteiger partial charge in [-0.3, -0.25) is 4.79 Å². The number of aryl methyl sites for hydroxylation is 1. The SMILES string of the molecule is COc1ccc(C)cc1-n1c(SCCN2CCCC2)nc2c([nH]c3ccccc32)c1=O. The summed E-state index contributed by atoms with van der Waals surface area (Å²) < 4.78 is 7.31. The Labute approximate surface area is 185 Å². The standard InChI is InChI=1S/C24H26N4O2S/c1-16-9-10-20(30-2)19(15-16)28-23(29)22-21(17-7-3-4-8-18(17)25-22)26-24(28)31-14-13-27-11-5-6-12-27/h3-4,7-10,15,25H,5-6,11-14H2,1-2H3. The van der Waals surface area contributed by atoms with Crippen LogP contribution in [0.5, 0.6) is 5.75 Å². The lowest BCUT2D eigenvalue weighted by molar-refractivity contribution is 0.362. The molecular weight excluding hydrogens is 408 g/mol. The zero-order valence-electron chi connectivity index (χ0n) is 17.9. The van der Waals surface area contributed by atoms with Crippen molar-refractivity contribution in [2.24, 2.45) is 0 Å². The van der Waals surface area contributed by atoms with E-state index in [2.05, 4.69) is 9.88 Å². The minimum absolute atomic E-state index is 0.103. The number of aromatic nitrogens is 3. The Morgan fingerprint density at radius 1 is 1.16 bits per heavy atom. The number of thioether (sulfide) groups is 1. The van der Waals surface area contributed by atoms with E-state index in [4.69, 9.17) is 9.72 Å². The van der Waals surface area contributed by atoms with Crippen LogP contribution < -0.4 is 10.3 Å². The van der Waals surface area contributed by atoms with E-state index in [1.54, 1.807) is 23.4 Å². The second-order valence-electron chi connectivity index (χ2n) is 8.00. The number of likely N-dealkylation sites (tertiary alicyclic amines) is 1. The van der Waals surface area contributed by atoms with Gasteiger partial charge in [0.15, 0.2) is 5.16 Å². The minimum atomic E-state index is -0.103. The van der Waals surface area contributed by atoms with Crippen LogP contribution in [0, 0.1) is 6.92 Å². The number of hydrogen-bond donors (Lipinski definition) is 1. The van der Waals surface area contributed by atoms with Gasteiger partial charge in [0.1, 0.15) is 16.8 Å². The molecule has 1 saturated heterocycles. The zero-order valence-corrected chi connectivity index (χ0v) is 18.7. The molecule has 31 heavy (non-hydrogen) atoms. The number of rotatable bonds is 6. The van der Waals surface area contributed by atoms with Crippen molar-refractivity contribution in [2.45, 2.75) is 24.9 Å². The highest BCUT2D eigenvalue weighted by atomic mass is 32.2. The molecular formula is C24H26N4O2S. The number of hydrogen-bond acceptors (Lipinski definition) is 5. The number of methoxy groups -OCH3 is 1. The summed E-state index contributed by atoms with van der Waals surface area (Å²) in [5.41, 5.74) is 3.86.